The molecule has 0 bridgehead atoms. The lowest BCUT2D eigenvalue weighted by atomic mass is 9.69. The average Bonchev–Trinajstić information content (AvgIpc) is 3.64. The molecule has 0 unspecified atom stereocenters. The van der Waals surface area contributed by atoms with Crippen LogP contribution in [-0.4, -0.2) is 61.7 Å². The SMILES string of the molecule is Cc1ccc(N(C(=O)c2ccco2)C2CCN(CCC3(CCn4ncnn4)CCCCC3)CC2)nc1. The number of nitrogens with zero attached hydrogens (tertiary/aromatic N) is 7. The predicted molar refractivity (Wildman–Crippen MR) is 137 cm³/mol. The molecule has 2 fully saturated rings. The molecule has 4 heterocycles. The van der Waals surface area contributed by atoms with E-state index in [1.165, 1.54) is 44.9 Å². The summed E-state index contributed by atoms with van der Waals surface area (Å²) in [4.78, 5) is 24.1. The third kappa shape index (κ3) is 5.83. The molecule has 9 nitrogen and oxygen atoms in total. The van der Waals surface area contributed by atoms with Crippen molar-refractivity contribution in [1.29, 1.82) is 0 Å². The van der Waals surface area contributed by atoms with Crippen LogP contribution in [0.15, 0.2) is 47.5 Å². The van der Waals surface area contributed by atoms with Crippen LogP contribution < -0.4 is 4.90 Å². The van der Waals surface area contributed by atoms with E-state index in [0.717, 1.165) is 51.0 Å². The quantitative estimate of drug-likeness (QED) is 0.435. The van der Waals surface area contributed by atoms with Crippen LogP contribution in [0.2, 0.25) is 0 Å². The van der Waals surface area contributed by atoms with E-state index in [0.29, 0.717) is 17.0 Å². The lowest BCUT2D eigenvalue weighted by molar-refractivity contribution is 0.0911. The minimum Gasteiger partial charge on any atom is -0.459 e. The minimum atomic E-state index is -0.113. The van der Waals surface area contributed by atoms with Crippen LogP contribution in [-0.2, 0) is 6.54 Å². The summed E-state index contributed by atoms with van der Waals surface area (Å²) in [6.45, 7) is 5.93. The fourth-order valence-corrected chi connectivity index (χ4v) is 5.93. The highest BCUT2D eigenvalue weighted by molar-refractivity contribution is 6.04. The molecular formula is C27H37N7O2. The Bertz CT molecular complexity index is 1070. The van der Waals surface area contributed by atoms with Crippen molar-refractivity contribution >= 4 is 11.7 Å². The van der Waals surface area contributed by atoms with Crippen molar-refractivity contribution in [2.24, 2.45) is 5.41 Å². The molecule has 192 valence electrons. The number of carbonyl (C=O) groups excluding carboxylic acids is 1. The molecular weight excluding hydrogens is 454 g/mol. The first-order valence-corrected chi connectivity index (χ1v) is 13.3. The molecule has 0 atom stereocenters. The molecule has 1 saturated heterocycles. The Morgan fingerprint density at radius 2 is 1.92 bits per heavy atom. The third-order valence-corrected chi connectivity index (χ3v) is 8.12. The van der Waals surface area contributed by atoms with Crippen molar-refractivity contribution in [3.63, 3.8) is 0 Å². The third-order valence-electron chi connectivity index (χ3n) is 8.12. The average molecular weight is 492 g/mol. The number of hydrogen-bond acceptors (Lipinski definition) is 7. The van der Waals surface area contributed by atoms with Gasteiger partial charge in [0.15, 0.2) is 12.1 Å². The Morgan fingerprint density at radius 3 is 2.58 bits per heavy atom. The second-order valence-corrected chi connectivity index (χ2v) is 10.5. The highest BCUT2D eigenvalue weighted by atomic mass is 16.3. The number of likely N-dealkylation sites (tertiary alicyclic amines) is 1. The van der Waals surface area contributed by atoms with Gasteiger partial charge in [-0.05, 0) is 86.4 Å². The Kier molecular flexibility index (Phi) is 7.75. The highest BCUT2D eigenvalue weighted by Crippen LogP contribution is 2.43. The molecule has 5 rings (SSSR count). The van der Waals surface area contributed by atoms with Crippen LogP contribution >= 0.6 is 0 Å². The van der Waals surface area contributed by atoms with Gasteiger partial charge in [-0.1, -0.05) is 25.3 Å². The summed E-state index contributed by atoms with van der Waals surface area (Å²) < 4.78 is 5.46. The number of amides is 1. The van der Waals surface area contributed by atoms with E-state index in [-0.39, 0.29) is 11.9 Å². The number of carbonyl (C=O) groups is 1. The van der Waals surface area contributed by atoms with E-state index < -0.39 is 0 Å². The van der Waals surface area contributed by atoms with Gasteiger partial charge in [0.05, 0.1) is 12.8 Å². The van der Waals surface area contributed by atoms with Gasteiger partial charge in [0, 0.05) is 25.3 Å². The van der Waals surface area contributed by atoms with E-state index >= 15 is 0 Å². The molecule has 36 heavy (non-hydrogen) atoms. The number of aromatic nitrogens is 5. The van der Waals surface area contributed by atoms with Gasteiger partial charge in [-0.3, -0.25) is 9.69 Å². The van der Waals surface area contributed by atoms with E-state index in [1.807, 2.05) is 30.2 Å². The number of rotatable bonds is 9. The molecule has 0 aromatic carbocycles. The second kappa shape index (κ2) is 11.3. The molecule has 1 aliphatic heterocycles. The standard InChI is InChI=1S/C27H37N7O2/c1-22-7-8-25(28-20-22)34(26(35)24-6-5-19-36-24)23-9-15-32(16-10-23)17-13-27(11-3-2-4-12-27)14-18-33-30-21-29-31-33/h5-8,19-21,23H,2-4,9-18H2,1H3. The number of tetrazole rings is 1. The van der Waals surface area contributed by atoms with Crippen molar-refractivity contribution in [3.05, 3.63) is 54.4 Å². The monoisotopic (exact) mass is 491 g/mol. The summed E-state index contributed by atoms with van der Waals surface area (Å²) in [7, 11) is 0. The maximum atomic E-state index is 13.4. The summed E-state index contributed by atoms with van der Waals surface area (Å²) in [5, 5.41) is 12.1. The highest BCUT2D eigenvalue weighted by Gasteiger charge is 2.35. The number of aryl methyl sites for hydroxylation is 2. The summed E-state index contributed by atoms with van der Waals surface area (Å²) in [6, 6.07) is 7.56. The number of pyridine rings is 1. The molecule has 0 radical (unpaired) electrons. The predicted octanol–water partition coefficient (Wildman–Crippen LogP) is 4.51. The lowest BCUT2D eigenvalue weighted by Gasteiger charge is -2.41. The van der Waals surface area contributed by atoms with Crippen LogP contribution in [0.25, 0.3) is 0 Å². The smallest absolute Gasteiger partial charge is 0.295 e. The first-order chi connectivity index (χ1) is 17.6. The fraction of sp³-hybridized carbons (Fsp3) is 0.593. The van der Waals surface area contributed by atoms with E-state index in [4.69, 9.17) is 4.42 Å². The first kappa shape index (κ1) is 24.6. The van der Waals surface area contributed by atoms with Crippen molar-refractivity contribution in [3.8, 4) is 0 Å². The van der Waals surface area contributed by atoms with Crippen LogP contribution in [0.1, 0.15) is 73.9 Å². The van der Waals surface area contributed by atoms with Gasteiger partial charge in [-0.2, -0.15) is 4.80 Å². The number of hydrogen-bond donors (Lipinski definition) is 0. The van der Waals surface area contributed by atoms with Gasteiger partial charge >= 0.3 is 0 Å². The normalized spacial score (nSPS) is 18.8. The van der Waals surface area contributed by atoms with E-state index in [1.54, 1.807) is 23.2 Å². The van der Waals surface area contributed by atoms with Crippen molar-refractivity contribution in [1.82, 2.24) is 30.1 Å². The summed E-state index contributed by atoms with van der Waals surface area (Å²) in [5.74, 6) is 0.946. The van der Waals surface area contributed by atoms with Gasteiger partial charge < -0.3 is 9.32 Å². The van der Waals surface area contributed by atoms with Gasteiger partial charge in [-0.25, -0.2) is 4.98 Å². The van der Waals surface area contributed by atoms with Crippen molar-refractivity contribution in [2.75, 3.05) is 24.5 Å². The lowest BCUT2D eigenvalue weighted by Crippen LogP contribution is -2.48. The maximum absolute atomic E-state index is 13.4. The Hall–Kier alpha value is -3.07. The van der Waals surface area contributed by atoms with Crippen LogP contribution in [0.3, 0.4) is 0 Å². The zero-order chi connectivity index (χ0) is 24.8. The van der Waals surface area contributed by atoms with Gasteiger partial charge in [0.2, 0.25) is 0 Å². The minimum absolute atomic E-state index is 0.107. The van der Waals surface area contributed by atoms with Gasteiger partial charge in [0.25, 0.3) is 5.91 Å². The maximum Gasteiger partial charge on any atom is 0.295 e. The molecule has 1 amide bonds. The van der Waals surface area contributed by atoms with Crippen molar-refractivity contribution < 1.29 is 9.21 Å². The first-order valence-electron chi connectivity index (χ1n) is 13.3. The van der Waals surface area contributed by atoms with E-state index in [9.17, 15) is 4.79 Å². The number of furan rings is 1. The summed E-state index contributed by atoms with van der Waals surface area (Å²) in [5.41, 5.74) is 1.45. The van der Waals surface area contributed by atoms with Crippen LogP contribution in [0.5, 0.6) is 0 Å². The topological polar surface area (TPSA) is 93.2 Å². The van der Waals surface area contributed by atoms with Crippen LogP contribution in [0, 0.1) is 12.3 Å². The Labute approximate surface area is 212 Å². The second-order valence-electron chi connectivity index (χ2n) is 10.5. The van der Waals surface area contributed by atoms with Gasteiger partial charge in [0.1, 0.15) is 5.82 Å². The van der Waals surface area contributed by atoms with E-state index in [2.05, 4.69) is 25.3 Å². The molecule has 1 saturated carbocycles. The molecule has 3 aromatic heterocycles. The molecule has 9 heteroatoms. The molecule has 0 N–H and O–H groups in total. The number of anilines is 1. The number of piperidine rings is 1. The summed E-state index contributed by atoms with van der Waals surface area (Å²) >= 11 is 0. The molecule has 0 spiro atoms. The van der Waals surface area contributed by atoms with Crippen LogP contribution in [0.4, 0.5) is 5.82 Å². The molecule has 3 aromatic rings. The zero-order valence-electron chi connectivity index (χ0n) is 21.3. The molecule has 2 aliphatic rings. The molecule has 1 aliphatic carbocycles. The Morgan fingerprint density at radius 1 is 1.11 bits per heavy atom. The zero-order valence-corrected chi connectivity index (χ0v) is 21.3. The van der Waals surface area contributed by atoms with Gasteiger partial charge in [-0.15, -0.1) is 10.2 Å². The van der Waals surface area contributed by atoms with Crippen molar-refractivity contribution in [2.45, 2.75) is 77.3 Å². The Balaban J connectivity index is 1.20. The fourth-order valence-electron chi connectivity index (χ4n) is 5.93. The summed E-state index contributed by atoms with van der Waals surface area (Å²) in [6.07, 6.45) is 15.7. The largest absolute Gasteiger partial charge is 0.459 e.